The summed E-state index contributed by atoms with van der Waals surface area (Å²) in [4.78, 5) is 4.06. The number of pyridine rings is 1. The summed E-state index contributed by atoms with van der Waals surface area (Å²) in [6, 6.07) is 18.5. The molecule has 28 heavy (non-hydrogen) atoms. The molecule has 1 aromatic carbocycles. The van der Waals surface area contributed by atoms with Gasteiger partial charge in [-0.05, 0) is 11.6 Å². The van der Waals surface area contributed by atoms with Gasteiger partial charge in [0, 0.05) is 24.9 Å². The topological polar surface area (TPSA) is 127 Å². The van der Waals surface area contributed by atoms with E-state index in [1.54, 1.807) is 49.5 Å². The van der Waals surface area contributed by atoms with Gasteiger partial charge in [-0.1, -0.05) is 36.4 Å². The monoisotopic (exact) mass is 369 g/mol. The van der Waals surface area contributed by atoms with Crippen LogP contribution in [-0.2, 0) is 9.47 Å². The molecule has 2 aliphatic heterocycles. The van der Waals surface area contributed by atoms with Gasteiger partial charge in [-0.15, -0.1) is 0 Å². The van der Waals surface area contributed by atoms with Crippen LogP contribution >= 0.6 is 0 Å². The van der Waals surface area contributed by atoms with E-state index in [0.29, 0.717) is 11.1 Å². The second kappa shape index (κ2) is 5.89. The zero-order valence-electron chi connectivity index (χ0n) is 15.0. The highest BCUT2D eigenvalue weighted by molar-refractivity contribution is 5.90. The van der Waals surface area contributed by atoms with Crippen molar-refractivity contribution in [3.8, 4) is 18.2 Å². The predicted octanol–water partition coefficient (Wildman–Crippen LogP) is 3.20. The van der Waals surface area contributed by atoms with Gasteiger partial charge in [-0.25, -0.2) is 0 Å². The van der Waals surface area contributed by atoms with Crippen LogP contribution in [0, 0.1) is 50.2 Å². The molecule has 2 saturated heterocycles. The van der Waals surface area contributed by atoms with E-state index >= 15 is 0 Å². The molecule has 0 radical (unpaired) electrons. The molecule has 1 aromatic heterocycles. The Morgan fingerprint density at radius 3 is 2.25 bits per heavy atom. The van der Waals surface area contributed by atoms with Crippen LogP contribution in [0.3, 0.4) is 0 Å². The van der Waals surface area contributed by atoms with Crippen LogP contribution in [-0.4, -0.2) is 16.7 Å². The summed E-state index contributed by atoms with van der Waals surface area (Å²) in [7, 11) is 0. The quantitative estimate of drug-likeness (QED) is 0.866. The molecule has 0 saturated carbocycles. The highest BCUT2D eigenvalue weighted by atomic mass is 16.7. The average molecular weight is 369 g/mol. The average Bonchev–Trinajstić information content (AvgIpc) is 2.92. The first-order valence-corrected chi connectivity index (χ1v) is 8.63. The standard InChI is InChI=1S/C21H15N5O2/c1-19-16(14-6-3-2-4-7-14)21(13-24,18(25)28-19)20(11-22,12-23)17(27-19)15-8-5-9-26-10-15/h2-10,16-17,25H,1H3/t16-,17+,19-,21-/m1/s1. The minimum absolute atomic E-state index is 0.430. The third-order valence-electron chi connectivity index (χ3n) is 5.64. The van der Waals surface area contributed by atoms with Crippen LogP contribution in [0.25, 0.3) is 0 Å². The van der Waals surface area contributed by atoms with Crippen molar-refractivity contribution in [1.29, 1.82) is 21.2 Å². The van der Waals surface area contributed by atoms with Crippen LogP contribution < -0.4 is 0 Å². The molecule has 0 spiro atoms. The number of rotatable bonds is 2. The Morgan fingerprint density at radius 2 is 1.68 bits per heavy atom. The lowest BCUT2D eigenvalue weighted by Gasteiger charge is -2.48. The highest BCUT2D eigenvalue weighted by Crippen LogP contribution is 2.69. The van der Waals surface area contributed by atoms with Crippen LogP contribution in [0.15, 0.2) is 54.9 Å². The van der Waals surface area contributed by atoms with E-state index < -0.39 is 34.5 Å². The van der Waals surface area contributed by atoms with E-state index in [4.69, 9.17) is 14.9 Å². The summed E-state index contributed by atoms with van der Waals surface area (Å²) in [5.41, 5.74) is -2.71. The normalized spacial score (nSPS) is 32.4. The molecule has 0 amide bonds. The Kier molecular flexibility index (Phi) is 3.72. The zero-order valence-corrected chi connectivity index (χ0v) is 15.0. The van der Waals surface area contributed by atoms with Crippen molar-refractivity contribution in [1.82, 2.24) is 4.98 Å². The summed E-state index contributed by atoms with van der Waals surface area (Å²) in [6.45, 7) is 1.64. The summed E-state index contributed by atoms with van der Waals surface area (Å²) < 4.78 is 12.0. The van der Waals surface area contributed by atoms with Crippen LogP contribution in [0.2, 0.25) is 0 Å². The number of aromatic nitrogens is 1. The Bertz CT molecular complexity index is 1050. The molecule has 4 atom stereocenters. The third kappa shape index (κ3) is 1.93. The molecule has 7 heteroatoms. The third-order valence-corrected chi connectivity index (χ3v) is 5.64. The molecule has 2 aromatic rings. The van der Waals surface area contributed by atoms with E-state index in [0.717, 1.165) is 0 Å². The van der Waals surface area contributed by atoms with Crippen molar-refractivity contribution >= 4 is 5.90 Å². The molecule has 4 rings (SSSR count). The van der Waals surface area contributed by atoms with Crippen molar-refractivity contribution in [3.05, 3.63) is 66.0 Å². The van der Waals surface area contributed by atoms with E-state index in [-0.39, 0.29) is 0 Å². The second-order valence-corrected chi connectivity index (χ2v) is 7.03. The maximum atomic E-state index is 10.3. The van der Waals surface area contributed by atoms with E-state index in [9.17, 15) is 15.8 Å². The number of ether oxygens (including phenoxy) is 2. The van der Waals surface area contributed by atoms with Gasteiger partial charge in [0.25, 0.3) is 0 Å². The van der Waals surface area contributed by atoms with Gasteiger partial charge in [0.15, 0.2) is 5.41 Å². The summed E-state index contributed by atoms with van der Waals surface area (Å²) in [5, 5.41) is 39.2. The highest BCUT2D eigenvalue weighted by Gasteiger charge is 2.79. The largest absolute Gasteiger partial charge is 0.447 e. The Labute approximate surface area is 161 Å². The number of nitrogens with one attached hydrogen (secondary N) is 1. The van der Waals surface area contributed by atoms with Crippen molar-refractivity contribution < 1.29 is 9.47 Å². The van der Waals surface area contributed by atoms with Crippen molar-refractivity contribution in [2.75, 3.05) is 0 Å². The van der Waals surface area contributed by atoms with E-state index in [1.165, 1.54) is 6.20 Å². The molecule has 0 aliphatic carbocycles. The van der Waals surface area contributed by atoms with Crippen molar-refractivity contribution in [3.63, 3.8) is 0 Å². The number of hydrogen-bond donors (Lipinski definition) is 1. The number of nitriles is 3. The first kappa shape index (κ1) is 17.7. The van der Waals surface area contributed by atoms with Gasteiger partial charge < -0.3 is 9.47 Å². The molecule has 136 valence electrons. The first-order chi connectivity index (χ1) is 13.5. The van der Waals surface area contributed by atoms with Crippen molar-refractivity contribution in [2.45, 2.75) is 24.7 Å². The SMILES string of the molecule is C[C@@]12OC(=N)[C@@](C#N)([C@@H]1c1ccccc1)C(C#N)(C#N)[C@H](c1cccnc1)O2. The lowest BCUT2D eigenvalue weighted by molar-refractivity contribution is -0.253. The molecule has 0 unspecified atom stereocenters. The van der Waals surface area contributed by atoms with Gasteiger partial charge in [0.1, 0.15) is 6.10 Å². The van der Waals surface area contributed by atoms with Gasteiger partial charge in [-0.2, -0.15) is 15.8 Å². The molecule has 7 nitrogen and oxygen atoms in total. The summed E-state index contributed by atoms with van der Waals surface area (Å²) >= 11 is 0. The number of benzene rings is 1. The zero-order chi connectivity index (χ0) is 20.0. The fraction of sp³-hybridized carbons (Fsp3) is 0.286. The number of fused-ring (bicyclic) bond motifs is 2. The van der Waals surface area contributed by atoms with E-state index in [2.05, 4.69) is 11.1 Å². The maximum absolute atomic E-state index is 10.3. The van der Waals surface area contributed by atoms with Crippen LogP contribution in [0.1, 0.15) is 30.1 Å². The Morgan fingerprint density at radius 1 is 1.00 bits per heavy atom. The number of nitrogens with zero attached hydrogens (tertiary/aromatic N) is 4. The van der Waals surface area contributed by atoms with Crippen molar-refractivity contribution in [2.24, 2.45) is 10.8 Å². The fourth-order valence-electron chi connectivity index (χ4n) is 4.46. The van der Waals surface area contributed by atoms with Crippen LogP contribution in [0.5, 0.6) is 0 Å². The second-order valence-electron chi connectivity index (χ2n) is 7.03. The van der Waals surface area contributed by atoms with Gasteiger partial charge in [0.2, 0.25) is 17.1 Å². The summed E-state index contributed by atoms with van der Waals surface area (Å²) in [6.07, 6.45) is 1.95. The molecule has 2 aliphatic rings. The van der Waals surface area contributed by atoms with Gasteiger partial charge >= 0.3 is 0 Å². The Hall–Kier alpha value is -3.73. The summed E-state index contributed by atoms with van der Waals surface area (Å²) in [5.74, 6) is -2.65. The molecule has 3 heterocycles. The smallest absolute Gasteiger partial charge is 0.218 e. The predicted molar refractivity (Wildman–Crippen MR) is 96.2 cm³/mol. The van der Waals surface area contributed by atoms with Crippen LogP contribution in [0.4, 0.5) is 0 Å². The minimum Gasteiger partial charge on any atom is -0.447 e. The molecule has 1 N–H and O–H groups in total. The minimum atomic E-state index is -2.00. The first-order valence-electron chi connectivity index (χ1n) is 8.63. The van der Waals surface area contributed by atoms with E-state index in [1.807, 2.05) is 18.2 Å². The molecular formula is C21H15N5O2. The lowest BCUT2D eigenvalue weighted by atomic mass is 9.52. The molecular weight excluding hydrogens is 354 g/mol. The maximum Gasteiger partial charge on any atom is 0.218 e. The van der Waals surface area contributed by atoms with Gasteiger partial charge in [-0.3, -0.25) is 10.4 Å². The fourth-order valence-corrected chi connectivity index (χ4v) is 4.46. The number of hydrogen-bond acceptors (Lipinski definition) is 7. The Balaban J connectivity index is 2.05. The molecule has 2 fully saturated rings. The van der Waals surface area contributed by atoms with Gasteiger partial charge in [0.05, 0.1) is 24.1 Å². The molecule has 2 bridgehead atoms. The lowest BCUT2D eigenvalue weighted by Crippen LogP contribution is -2.57.